The molecule has 0 fully saturated rings. The smallest absolute Gasteiger partial charge is 0.338 e. The third-order valence-electron chi connectivity index (χ3n) is 3.58. The minimum absolute atomic E-state index is 0.265. The Kier molecular flexibility index (Phi) is 5.06. The predicted octanol–water partition coefficient (Wildman–Crippen LogP) is -0.238. The molecule has 2 rings (SSSR count). The molecular formula is C16H18N4O5. The number of nitrogens with two attached hydrogens (primary N) is 1. The molecule has 132 valence electrons. The van der Waals surface area contributed by atoms with Crippen molar-refractivity contribution in [3.05, 3.63) is 56.2 Å². The molecule has 0 unspecified atom stereocenters. The molecular weight excluding hydrogens is 328 g/mol. The second-order valence-electron chi connectivity index (χ2n) is 5.52. The van der Waals surface area contributed by atoms with Gasteiger partial charge in [0.2, 0.25) is 5.78 Å². The number of aromatic nitrogens is 2. The number of carbonyl (C=O) groups is 2. The average molecular weight is 346 g/mol. The van der Waals surface area contributed by atoms with Gasteiger partial charge < -0.3 is 15.4 Å². The number of H-pyrrole nitrogens is 1. The Morgan fingerprint density at radius 1 is 1.28 bits per heavy atom. The minimum Gasteiger partial charge on any atom is -0.454 e. The Hall–Kier alpha value is -3.36. The van der Waals surface area contributed by atoms with Gasteiger partial charge in [0.05, 0.1) is 5.56 Å². The van der Waals surface area contributed by atoms with Crippen LogP contribution in [0.15, 0.2) is 33.9 Å². The van der Waals surface area contributed by atoms with Gasteiger partial charge in [-0.05, 0) is 18.2 Å². The summed E-state index contributed by atoms with van der Waals surface area (Å²) in [5.41, 5.74) is 4.61. The van der Waals surface area contributed by atoms with Crippen molar-refractivity contribution in [3.63, 3.8) is 0 Å². The molecule has 0 saturated carbocycles. The molecule has 1 aromatic carbocycles. The zero-order valence-electron chi connectivity index (χ0n) is 14.0. The number of carbonyl (C=O) groups excluding carboxylic acids is 2. The van der Waals surface area contributed by atoms with Crippen LogP contribution in [0.4, 0.5) is 11.5 Å². The Morgan fingerprint density at radius 2 is 1.96 bits per heavy atom. The van der Waals surface area contributed by atoms with Crippen molar-refractivity contribution in [2.45, 2.75) is 0 Å². The standard InChI is InChI=1S/C16H18N4O5/c1-19(2)10-6-4-5-9(7-10)15(23)25-8-11(21)12-13(17)20(3)16(24)18-14(12)22/h4-7H,8,17H2,1-3H3,(H,18,22,24). The molecule has 9 nitrogen and oxygen atoms in total. The largest absolute Gasteiger partial charge is 0.454 e. The summed E-state index contributed by atoms with van der Waals surface area (Å²) in [5, 5.41) is 0. The number of aromatic amines is 1. The van der Waals surface area contributed by atoms with Gasteiger partial charge in [-0.1, -0.05) is 6.07 Å². The van der Waals surface area contributed by atoms with E-state index < -0.39 is 35.2 Å². The van der Waals surface area contributed by atoms with Crippen LogP contribution in [0.1, 0.15) is 20.7 Å². The number of rotatable bonds is 5. The first-order chi connectivity index (χ1) is 11.7. The number of hydrogen-bond donors (Lipinski definition) is 2. The Labute approximate surface area is 142 Å². The van der Waals surface area contributed by atoms with E-state index in [1.807, 2.05) is 30.0 Å². The minimum atomic E-state index is -0.920. The van der Waals surface area contributed by atoms with Gasteiger partial charge in [-0.15, -0.1) is 0 Å². The summed E-state index contributed by atoms with van der Waals surface area (Å²) in [6, 6.07) is 6.66. The molecule has 9 heteroatoms. The molecule has 1 aromatic heterocycles. The van der Waals surface area contributed by atoms with Crippen molar-refractivity contribution in [1.29, 1.82) is 0 Å². The van der Waals surface area contributed by atoms with Crippen LogP contribution < -0.4 is 21.9 Å². The van der Waals surface area contributed by atoms with Gasteiger partial charge in [0.1, 0.15) is 11.4 Å². The van der Waals surface area contributed by atoms with Gasteiger partial charge in [0, 0.05) is 26.8 Å². The molecule has 0 aliphatic rings. The van der Waals surface area contributed by atoms with Crippen LogP contribution in [0, 0.1) is 0 Å². The SMILES string of the molecule is CN(C)c1cccc(C(=O)OCC(=O)c2c(N)n(C)c(=O)[nH]c2=O)c1. The maximum atomic E-state index is 12.2. The zero-order valence-corrected chi connectivity index (χ0v) is 14.0. The first-order valence-corrected chi connectivity index (χ1v) is 7.29. The number of esters is 1. The summed E-state index contributed by atoms with van der Waals surface area (Å²) in [4.78, 5) is 51.2. The Bertz CT molecular complexity index is 942. The fourth-order valence-electron chi connectivity index (χ4n) is 2.10. The van der Waals surface area contributed by atoms with E-state index >= 15 is 0 Å². The number of Topliss-reactive ketones (excluding diaryl/α,β-unsaturated/α-hetero) is 1. The van der Waals surface area contributed by atoms with Crippen LogP contribution in [-0.2, 0) is 11.8 Å². The lowest BCUT2D eigenvalue weighted by atomic mass is 10.2. The summed E-state index contributed by atoms with van der Waals surface area (Å²) in [6.07, 6.45) is 0. The highest BCUT2D eigenvalue weighted by Crippen LogP contribution is 2.14. The zero-order chi connectivity index (χ0) is 18.7. The first-order valence-electron chi connectivity index (χ1n) is 7.29. The Balaban J connectivity index is 2.17. The summed E-state index contributed by atoms with van der Waals surface area (Å²) < 4.78 is 5.88. The van der Waals surface area contributed by atoms with Crippen LogP contribution >= 0.6 is 0 Å². The van der Waals surface area contributed by atoms with Crippen LogP contribution in [-0.4, -0.2) is 42.0 Å². The molecule has 0 atom stereocenters. The number of ketones is 1. The summed E-state index contributed by atoms with van der Waals surface area (Å²) in [6.45, 7) is -0.670. The maximum Gasteiger partial charge on any atom is 0.338 e. The molecule has 0 radical (unpaired) electrons. The average Bonchev–Trinajstić information content (AvgIpc) is 2.57. The molecule has 0 bridgehead atoms. The van der Waals surface area contributed by atoms with Crippen molar-refractivity contribution in [2.24, 2.45) is 7.05 Å². The number of hydrogen-bond acceptors (Lipinski definition) is 7. The van der Waals surface area contributed by atoms with Gasteiger partial charge in [0.25, 0.3) is 5.56 Å². The van der Waals surface area contributed by atoms with Crippen molar-refractivity contribution < 1.29 is 14.3 Å². The fourth-order valence-corrected chi connectivity index (χ4v) is 2.10. The number of nitrogens with one attached hydrogen (secondary N) is 1. The molecule has 0 aliphatic carbocycles. The van der Waals surface area contributed by atoms with E-state index in [-0.39, 0.29) is 11.4 Å². The molecule has 0 spiro atoms. The topological polar surface area (TPSA) is 127 Å². The van der Waals surface area contributed by atoms with E-state index in [0.717, 1.165) is 10.3 Å². The quantitative estimate of drug-likeness (QED) is 0.565. The van der Waals surface area contributed by atoms with E-state index in [9.17, 15) is 19.2 Å². The summed E-state index contributed by atoms with van der Waals surface area (Å²) in [7, 11) is 4.95. The van der Waals surface area contributed by atoms with E-state index in [2.05, 4.69) is 0 Å². The van der Waals surface area contributed by atoms with Gasteiger partial charge in [-0.3, -0.25) is 19.1 Å². The van der Waals surface area contributed by atoms with Crippen molar-refractivity contribution in [3.8, 4) is 0 Å². The monoisotopic (exact) mass is 346 g/mol. The van der Waals surface area contributed by atoms with Gasteiger partial charge in [0.15, 0.2) is 6.61 Å². The third-order valence-corrected chi connectivity index (χ3v) is 3.58. The van der Waals surface area contributed by atoms with E-state index in [1.165, 1.54) is 7.05 Å². The van der Waals surface area contributed by atoms with E-state index in [1.54, 1.807) is 18.2 Å². The number of nitrogen functional groups attached to an aromatic ring is 1. The number of ether oxygens (including phenoxy) is 1. The first kappa shape index (κ1) is 18.0. The maximum absolute atomic E-state index is 12.2. The number of nitrogens with zero attached hydrogens (tertiary/aromatic N) is 2. The summed E-state index contributed by atoms with van der Waals surface area (Å²) in [5.74, 6) is -1.80. The molecule has 25 heavy (non-hydrogen) atoms. The molecule has 0 aliphatic heterocycles. The van der Waals surface area contributed by atoms with Gasteiger partial charge >= 0.3 is 11.7 Å². The normalized spacial score (nSPS) is 10.4. The molecule has 1 heterocycles. The Morgan fingerprint density at radius 3 is 2.60 bits per heavy atom. The highest BCUT2D eigenvalue weighted by atomic mass is 16.5. The van der Waals surface area contributed by atoms with Crippen LogP contribution in [0.3, 0.4) is 0 Å². The summed E-state index contributed by atoms with van der Waals surface area (Å²) >= 11 is 0. The van der Waals surface area contributed by atoms with Crippen LogP contribution in [0.5, 0.6) is 0 Å². The number of anilines is 2. The highest BCUT2D eigenvalue weighted by molar-refractivity contribution is 6.02. The predicted molar refractivity (Wildman–Crippen MR) is 92.1 cm³/mol. The van der Waals surface area contributed by atoms with Crippen LogP contribution in [0.2, 0.25) is 0 Å². The molecule has 2 aromatic rings. The third kappa shape index (κ3) is 3.77. The van der Waals surface area contributed by atoms with E-state index in [0.29, 0.717) is 0 Å². The van der Waals surface area contributed by atoms with Crippen molar-refractivity contribution in [1.82, 2.24) is 9.55 Å². The highest BCUT2D eigenvalue weighted by Gasteiger charge is 2.20. The van der Waals surface area contributed by atoms with Crippen molar-refractivity contribution in [2.75, 3.05) is 31.3 Å². The lowest BCUT2D eigenvalue weighted by molar-refractivity contribution is 0.0474. The van der Waals surface area contributed by atoms with Crippen LogP contribution in [0.25, 0.3) is 0 Å². The van der Waals surface area contributed by atoms with E-state index in [4.69, 9.17) is 10.5 Å². The lowest BCUT2D eigenvalue weighted by Crippen LogP contribution is -2.35. The van der Waals surface area contributed by atoms with Gasteiger partial charge in [-0.25, -0.2) is 9.59 Å². The van der Waals surface area contributed by atoms with Crippen molar-refractivity contribution >= 4 is 23.3 Å². The second-order valence-corrected chi connectivity index (χ2v) is 5.52. The molecule has 3 N–H and O–H groups in total. The second kappa shape index (κ2) is 7.04. The molecule has 0 amide bonds. The van der Waals surface area contributed by atoms with Gasteiger partial charge in [-0.2, -0.15) is 0 Å². The number of benzene rings is 1. The lowest BCUT2D eigenvalue weighted by Gasteiger charge is -2.13. The molecule has 0 saturated heterocycles. The fraction of sp³-hybridized carbons (Fsp3) is 0.250.